The third-order valence-corrected chi connectivity index (χ3v) is 4.06. The van der Waals surface area contributed by atoms with Crippen LogP contribution in [0.4, 0.5) is 0 Å². The molecule has 0 aliphatic carbocycles. The van der Waals surface area contributed by atoms with Gasteiger partial charge < -0.3 is 14.8 Å². The van der Waals surface area contributed by atoms with Crippen molar-refractivity contribution in [3.63, 3.8) is 0 Å². The maximum Gasteiger partial charge on any atom is 0.126 e. The summed E-state index contributed by atoms with van der Waals surface area (Å²) in [5.74, 6) is 2.64. The van der Waals surface area contributed by atoms with Crippen LogP contribution < -0.4 is 14.8 Å². The molecule has 0 bridgehead atoms. The molecule has 3 heteroatoms. The molecule has 0 aromatic heterocycles. The van der Waals surface area contributed by atoms with E-state index in [2.05, 4.69) is 18.3 Å². The second-order valence-electron chi connectivity index (χ2n) is 5.38. The molecular formula is C16H25NO2. The van der Waals surface area contributed by atoms with Crippen LogP contribution in [-0.2, 0) is 6.42 Å². The van der Waals surface area contributed by atoms with Gasteiger partial charge in [-0.1, -0.05) is 0 Å². The van der Waals surface area contributed by atoms with Gasteiger partial charge in [0.25, 0.3) is 0 Å². The molecule has 1 N–H and O–H groups in total. The number of aryl methyl sites for hydroxylation is 1. The summed E-state index contributed by atoms with van der Waals surface area (Å²) >= 11 is 0. The lowest BCUT2D eigenvalue weighted by Crippen LogP contribution is -2.30. The average molecular weight is 263 g/mol. The number of hydrogen-bond acceptors (Lipinski definition) is 3. The highest BCUT2D eigenvalue weighted by Gasteiger charge is 2.15. The van der Waals surface area contributed by atoms with Crippen molar-refractivity contribution in [1.29, 1.82) is 0 Å². The number of ether oxygens (including phenoxy) is 2. The van der Waals surface area contributed by atoms with E-state index in [-0.39, 0.29) is 0 Å². The quantitative estimate of drug-likeness (QED) is 0.886. The number of methoxy groups -OCH3 is 2. The van der Waals surface area contributed by atoms with E-state index in [0.717, 1.165) is 30.4 Å². The predicted molar refractivity (Wildman–Crippen MR) is 78.2 cm³/mol. The highest BCUT2D eigenvalue weighted by molar-refractivity contribution is 5.46. The maximum atomic E-state index is 5.51. The fourth-order valence-corrected chi connectivity index (χ4v) is 2.89. The van der Waals surface area contributed by atoms with E-state index in [4.69, 9.17) is 9.47 Å². The molecule has 1 aliphatic rings. The Bertz CT molecular complexity index is 411. The Morgan fingerprint density at radius 3 is 2.74 bits per heavy atom. The van der Waals surface area contributed by atoms with Crippen LogP contribution in [0.15, 0.2) is 12.1 Å². The first kappa shape index (κ1) is 14.2. The first-order chi connectivity index (χ1) is 9.24. The van der Waals surface area contributed by atoms with Gasteiger partial charge in [-0.25, -0.2) is 0 Å². The van der Waals surface area contributed by atoms with E-state index in [9.17, 15) is 0 Å². The average Bonchev–Trinajstić information content (AvgIpc) is 2.46. The molecule has 1 aromatic rings. The van der Waals surface area contributed by atoms with Gasteiger partial charge in [-0.05, 0) is 68.8 Å². The van der Waals surface area contributed by atoms with Crippen LogP contribution in [0.5, 0.6) is 11.5 Å². The van der Waals surface area contributed by atoms with E-state index in [1.165, 1.54) is 36.9 Å². The fourth-order valence-electron chi connectivity index (χ4n) is 2.89. The maximum absolute atomic E-state index is 5.51. The second-order valence-corrected chi connectivity index (χ2v) is 5.38. The van der Waals surface area contributed by atoms with Gasteiger partial charge in [0, 0.05) is 6.07 Å². The van der Waals surface area contributed by atoms with Crippen LogP contribution in [0.3, 0.4) is 0 Å². The molecule has 1 unspecified atom stereocenters. The van der Waals surface area contributed by atoms with Crippen molar-refractivity contribution in [3.05, 3.63) is 23.3 Å². The largest absolute Gasteiger partial charge is 0.497 e. The molecule has 0 radical (unpaired) electrons. The lowest BCUT2D eigenvalue weighted by molar-refractivity contribution is 0.353. The van der Waals surface area contributed by atoms with Gasteiger partial charge in [0.15, 0.2) is 0 Å². The van der Waals surface area contributed by atoms with Gasteiger partial charge in [-0.2, -0.15) is 0 Å². The van der Waals surface area contributed by atoms with E-state index in [1.807, 2.05) is 6.07 Å². The van der Waals surface area contributed by atoms with Crippen molar-refractivity contribution in [2.45, 2.75) is 32.6 Å². The van der Waals surface area contributed by atoms with Crippen LogP contribution in [-0.4, -0.2) is 27.3 Å². The van der Waals surface area contributed by atoms with Crippen molar-refractivity contribution in [2.75, 3.05) is 27.3 Å². The van der Waals surface area contributed by atoms with Crippen LogP contribution in [0.25, 0.3) is 0 Å². The SMILES string of the molecule is COc1cc(C)c(CCC2CCCNC2)c(OC)c1. The van der Waals surface area contributed by atoms with E-state index < -0.39 is 0 Å². The first-order valence-electron chi connectivity index (χ1n) is 7.16. The third kappa shape index (κ3) is 3.63. The first-order valence-corrected chi connectivity index (χ1v) is 7.16. The molecule has 0 amide bonds. The van der Waals surface area contributed by atoms with Crippen molar-refractivity contribution < 1.29 is 9.47 Å². The summed E-state index contributed by atoms with van der Waals surface area (Å²) in [6, 6.07) is 4.08. The minimum Gasteiger partial charge on any atom is -0.497 e. The van der Waals surface area contributed by atoms with Gasteiger partial charge in [0.1, 0.15) is 11.5 Å². The van der Waals surface area contributed by atoms with Gasteiger partial charge >= 0.3 is 0 Å². The molecular weight excluding hydrogens is 238 g/mol. The fraction of sp³-hybridized carbons (Fsp3) is 0.625. The Hall–Kier alpha value is -1.22. The minimum absolute atomic E-state index is 0.806. The molecule has 1 atom stereocenters. The molecule has 1 aliphatic heterocycles. The molecule has 2 rings (SSSR count). The smallest absolute Gasteiger partial charge is 0.126 e. The molecule has 0 spiro atoms. The monoisotopic (exact) mass is 263 g/mol. The van der Waals surface area contributed by atoms with Crippen molar-refractivity contribution >= 4 is 0 Å². The number of piperidine rings is 1. The summed E-state index contributed by atoms with van der Waals surface area (Å²) < 4.78 is 10.8. The van der Waals surface area contributed by atoms with E-state index in [1.54, 1.807) is 14.2 Å². The summed E-state index contributed by atoms with van der Waals surface area (Å²) in [5, 5.41) is 3.48. The lowest BCUT2D eigenvalue weighted by atomic mass is 9.91. The predicted octanol–water partition coefficient (Wildman–Crippen LogP) is 2.94. The lowest BCUT2D eigenvalue weighted by Gasteiger charge is -2.23. The molecule has 1 saturated heterocycles. The van der Waals surface area contributed by atoms with Crippen molar-refractivity contribution in [3.8, 4) is 11.5 Å². The Kier molecular flexibility index (Phi) is 5.08. The zero-order valence-electron chi connectivity index (χ0n) is 12.3. The zero-order chi connectivity index (χ0) is 13.7. The zero-order valence-corrected chi connectivity index (χ0v) is 12.3. The van der Waals surface area contributed by atoms with Gasteiger partial charge in [-0.15, -0.1) is 0 Å². The Labute approximate surface area is 116 Å². The summed E-state index contributed by atoms with van der Waals surface area (Å²) in [6.45, 7) is 4.48. The van der Waals surface area contributed by atoms with Gasteiger partial charge in [0.05, 0.1) is 14.2 Å². The summed E-state index contributed by atoms with van der Waals surface area (Å²) in [5.41, 5.74) is 2.59. The van der Waals surface area contributed by atoms with Crippen LogP contribution in [0, 0.1) is 12.8 Å². The minimum atomic E-state index is 0.806. The summed E-state index contributed by atoms with van der Waals surface area (Å²) in [6.07, 6.45) is 4.98. The number of nitrogens with one attached hydrogen (secondary N) is 1. The number of hydrogen-bond donors (Lipinski definition) is 1. The molecule has 1 fully saturated rings. The standard InChI is InChI=1S/C16H25NO2/c1-12-9-14(18-2)10-16(19-3)15(12)7-6-13-5-4-8-17-11-13/h9-10,13,17H,4-8,11H2,1-3H3. The number of rotatable bonds is 5. The number of benzene rings is 1. The van der Waals surface area contributed by atoms with Crippen LogP contribution in [0.2, 0.25) is 0 Å². The third-order valence-electron chi connectivity index (χ3n) is 4.06. The van der Waals surface area contributed by atoms with E-state index >= 15 is 0 Å². The van der Waals surface area contributed by atoms with Crippen LogP contribution >= 0.6 is 0 Å². The molecule has 3 nitrogen and oxygen atoms in total. The topological polar surface area (TPSA) is 30.5 Å². The Balaban J connectivity index is 2.05. The normalized spacial score (nSPS) is 19.2. The van der Waals surface area contributed by atoms with Gasteiger partial charge in [0.2, 0.25) is 0 Å². The Morgan fingerprint density at radius 2 is 2.11 bits per heavy atom. The molecule has 0 saturated carbocycles. The second kappa shape index (κ2) is 6.80. The Morgan fingerprint density at radius 1 is 1.26 bits per heavy atom. The summed E-state index contributed by atoms with van der Waals surface area (Å²) in [7, 11) is 3.43. The highest BCUT2D eigenvalue weighted by Crippen LogP contribution is 2.30. The van der Waals surface area contributed by atoms with Crippen LogP contribution in [0.1, 0.15) is 30.4 Å². The molecule has 1 heterocycles. The van der Waals surface area contributed by atoms with Gasteiger partial charge in [-0.3, -0.25) is 0 Å². The molecule has 1 aromatic carbocycles. The van der Waals surface area contributed by atoms with Crippen molar-refractivity contribution in [2.24, 2.45) is 5.92 Å². The summed E-state index contributed by atoms with van der Waals surface area (Å²) in [4.78, 5) is 0. The van der Waals surface area contributed by atoms with E-state index in [0.29, 0.717) is 0 Å². The molecule has 19 heavy (non-hydrogen) atoms. The molecule has 106 valence electrons. The van der Waals surface area contributed by atoms with Crippen molar-refractivity contribution in [1.82, 2.24) is 5.32 Å². The highest BCUT2D eigenvalue weighted by atomic mass is 16.5.